The molecule has 0 aliphatic carbocycles. The molecule has 2 N–H and O–H groups in total. The van der Waals surface area contributed by atoms with Crippen molar-refractivity contribution in [1.82, 2.24) is 10.3 Å². The molecule has 1 aromatic carbocycles. The van der Waals surface area contributed by atoms with Gasteiger partial charge in [-0.3, -0.25) is 9.59 Å². The highest BCUT2D eigenvalue weighted by Crippen LogP contribution is 2.28. The fourth-order valence-electron chi connectivity index (χ4n) is 2.52. The summed E-state index contributed by atoms with van der Waals surface area (Å²) >= 11 is 0. The van der Waals surface area contributed by atoms with E-state index < -0.39 is 17.8 Å². The van der Waals surface area contributed by atoms with E-state index in [0.717, 1.165) is 12.1 Å². The molecule has 0 aliphatic heterocycles. The zero-order chi connectivity index (χ0) is 21.4. The molecule has 2 rings (SSSR count). The lowest BCUT2D eigenvalue weighted by atomic mass is 10.1. The maximum atomic E-state index is 12.7. The van der Waals surface area contributed by atoms with Crippen molar-refractivity contribution in [3.05, 3.63) is 58.9 Å². The first-order valence-corrected chi connectivity index (χ1v) is 9.04. The van der Waals surface area contributed by atoms with Gasteiger partial charge in [0.1, 0.15) is 5.69 Å². The first-order valence-electron chi connectivity index (χ1n) is 9.04. The highest BCUT2D eigenvalue weighted by atomic mass is 19.4. The summed E-state index contributed by atoms with van der Waals surface area (Å²) in [6.07, 6.45) is -3.90. The Bertz CT molecular complexity index is 870. The number of hydrogen-bond donors (Lipinski definition) is 2. The molecule has 0 aliphatic rings. The summed E-state index contributed by atoms with van der Waals surface area (Å²) in [5.74, 6) is -0.914. The number of hydrogen-bond acceptors (Lipinski definition) is 4. The van der Waals surface area contributed by atoms with Gasteiger partial charge in [0.05, 0.1) is 11.3 Å². The van der Waals surface area contributed by atoms with E-state index in [1.165, 1.54) is 13.0 Å². The molecule has 1 heterocycles. The Morgan fingerprint density at radius 1 is 1.14 bits per heavy atom. The van der Waals surface area contributed by atoms with Gasteiger partial charge in [-0.15, -0.1) is 0 Å². The topological polar surface area (TPSA) is 80.3 Å². The molecule has 0 fully saturated rings. The highest BCUT2D eigenvalue weighted by Gasteiger charge is 2.33. The van der Waals surface area contributed by atoms with Gasteiger partial charge < -0.3 is 15.4 Å². The van der Waals surface area contributed by atoms with Gasteiger partial charge in [0.25, 0.3) is 11.8 Å². The second-order valence-electron chi connectivity index (χ2n) is 6.17. The minimum absolute atomic E-state index is 0.0174. The van der Waals surface area contributed by atoms with Crippen molar-refractivity contribution in [2.45, 2.75) is 26.4 Å². The van der Waals surface area contributed by atoms with Crippen molar-refractivity contribution < 1.29 is 27.5 Å². The summed E-state index contributed by atoms with van der Waals surface area (Å²) in [7, 11) is 0. The van der Waals surface area contributed by atoms with Crippen LogP contribution >= 0.6 is 0 Å². The van der Waals surface area contributed by atoms with E-state index in [2.05, 4.69) is 15.6 Å². The third kappa shape index (κ3) is 6.56. The quantitative estimate of drug-likeness (QED) is 0.650. The van der Waals surface area contributed by atoms with Crippen LogP contribution in [0.5, 0.6) is 0 Å². The minimum Gasteiger partial charge on any atom is -0.382 e. The normalized spacial score (nSPS) is 11.2. The fraction of sp³-hybridized carbons (Fsp3) is 0.350. The molecule has 0 bridgehead atoms. The van der Waals surface area contributed by atoms with Gasteiger partial charge in [-0.25, -0.2) is 4.98 Å². The average Bonchev–Trinajstić information content (AvgIpc) is 2.67. The number of ether oxygens (including phenoxy) is 1. The summed E-state index contributed by atoms with van der Waals surface area (Å²) < 4.78 is 43.3. The van der Waals surface area contributed by atoms with Crippen LogP contribution in [0.25, 0.3) is 0 Å². The molecule has 0 saturated heterocycles. The minimum atomic E-state index is -4.58. The van der Waals surface area contributed by atoms with Crippen molar-refractivity contribution >= 4 is 17.5 Å². The van der Waals surface area contributed by atoms with Crippen LogP contribution < -0.4 is 10.6 Å². The van der Waals surface area contributed by atoms with Crippen molar-refractivity contribution in [3.8, 4) is 0 Å². The molecule has 156 valence electrons. The van der Waals surface area contributed by atoms with Crippen molar-refractivity contribution in [2.75, 3.05) is 25.1 Å². The lowest BCUT2D eigenvalue weighted by Gasteiger charge is -2.11. The fourth-order valence-corrected chi connectivity index (χ4v) is 2.52. The number of alkyl halides is 3. The summed E-state index contributed by atoms with van der Waals surface area (Å²) in [6.45, 7) is 4.83. The Hall–Kier alpha value is -2.94. The van der Waals surface area contributed by atoms with Crippen LogP contribution in [0.15, 0.2) is 36.4 Å². The lowest BCUT2D eigenvalue weighted by molar-refractivity contribution is -0.141. The number of aromatic nitrogens is 1. The summed E-state index contributed by atoms with van der Waals surface area (Å²) in [5, 5.41) is 5.33. The monoisotopic (exact) mass is 409 g/mol. The predicted octanol–water partition coefficient (Wildman–Crippen LogP) is 3.82. The van der Waals surface area contributed by atoms with E-state index in [0.29, 0.717) is 37.4 Å². The zero-order valence-corrected chi connectivity index (χ0v) is 16.1. The van der Waals surface area contributed by atoms with Gasteiger partial charge in [0.2, 0.25) is 0 Å². The number of halogens is 3. The van der Waals surface area contributed by atoms with Crippen LogP contribution in [0.4, 0.5) is 18.9 Å². The van der Waals surface area contributed by atoms with E-state index in [4.69, 9.17) is 4.74 Å². The SMILES string of the molecule is CCOCCCNC(=O)c1cccc(NC(=O)c2ccc(C(F)(F)F)nc2C)c1. The number of carbonyl (C=O) groups is 2. The molecule has 1 aromatic heterocycles. The molecule has 0 saturated carbocycles. The Kier molecular flexibility index (Phi) is 7.72. The van der Waals surface area contributed by atoms with Crippen LogP contribution in [-0.4, -0.2) is 36.6 Å². The van der Waals surface area contributed by atoms with Crippen LogP contribution in [0.3, 0.4) is 0 Å². The number of nitrogens with one attached hydrogen (secondary N) is 2. The first kappa shape index (κ1) is 22.4. The van der Waals surface area contributed by atoms with Gasteiger partial charge >= 0.3 is 6.18 Å². The van der Waals surface area contributed by atoms with Gasteiger partial charge in [0, 0.05) is 31.0 Å². The van der Waals surface area contributed by atoms with Gasteiger partial charge in [-0.2, -0.15) is 13.2 Å². The smallest absolute Gasteiger partial charge is 0.382 e. The third-order valence-electron chi connectivity index (χ3n) is 3.96. The molecular weight excluding hydrogens is 387 g/mol. The summed E-state index contributed by atoms with van der Waals surface area (Å²) in [4.78, 5) is 28.0. The molecular formula is C20H22F3N3O3. The second kappa shape index (κ2) is 10.0. The van der Waals surface area contributed by atoms with Crippen molar-refractivity contribution in [3.63, 3.8) is 0 Å². The van der Waals surface area contributed by atoms with Crippen LogP contribution in [0, 0.1) is 6.92 Å². The third-order valence-corrected chi connectivity index (χ3v) is 3.96. The number of benzene rings is 1. The number of carbonyl (C=O) groups excluding carboxylic acids is 2. The largest absolute Gasteiger partial charge is 0.433 e. The molecule has 6 nitrogen and oxygen atoms in total. The maximum absolute atomic E-state index is 12.7. The van der Waals surface area contributed by atoms with Crippen molar-refractivity contribution in [1.29, 1.82) is 0 Å². The maximum Gasteiger partial charge on any atom is 0.433 e. The molecule has 2 aromatic rings. The summed E-state index contributed by atoms with van der Waals surface area (Å²) in [5.41, 5.74) is -0.392. The Morgan fingerprint density at radius 2 is 1.90 bits per heavy atom. The number of anilines is 1. The number of rotatable bonds is 8. The molecule has 0 unspecified atom stereocenters. The standard InChI is InChI=1S/C20H22F3N3O3/c1-3-29-11-5-10-24-18(27)14-6-4-7-15(12-14)26-19(28)16-8-9-17(20(21,22)23)25-13(16)2/h4,6-9,12H,3,5,10-11H2,1-2H3,(H,24,27)(H,26,28). The number of pyridine rings is 1. The van der Waals surface area contributed by atoms with E-state index in [1.807, 2.05) is 6.92 Å². The van der Waals surface area contributed by atoms with E-state index >= 15 is 0 Å². The average molecular weight is 409 g/mol. The van der Waals surface area contributed by atoms with Crippen molar-refractivity contribution in [2.24, 2.45) is 0 Å². The number of amides is 2. The Labute approximate surface area is 166 Å². The molecule has 9 heteroatoms. The second-order valence-corrected chi connectivity index (χ2v) is 6.17. The molecule has 2 amide bonds. The Balaban J connectivity index is 2.02. The van der Waals surface area contributed by atoms with Crippen LogP contribution in [0.2, 0.25) is 0 Å². The predicted molar refractivity (Wildman–Crippen MR) is 102 cm³/mol. The van der Waals surface area contributed by atoms with Crippen LogP contribution in [-0.2, 0) is 10.9 Å². The molecule has 29 heavy (non-hydrogen) atoms. The summed E-state index contributed by atoms with van der Waals surface area (Å²) in [6, 6.07) is 8.10. The number of aryl methyl sites for hydroxylation is 1. The van der Waals surface area contributed by atoms with E-state index in [9.17, 15) is 22.8 Å². The van der Waals surface area contributed by atoms with Gasteiger partial charge in [0.15, 0.2) is 0 Å². The molecule has 0 radical (unpaired) electrons. The van der Waals surface area contributed by atoms with Crippen LogP contribution in [0.1, 0.15) is 45.4 Å². The number of nitrogens with zero attached hydrogens (tertiary/aromatic N) is 1. The Morgan fingerprint density at radius 3 is 2.55 bits per heavy atom. The van der Waals surface area contributed by atoms with E-state index in [1.54, 1.807) is 18.2 Å². The molecule has 0 spiro atoms. The lowest BCUT2D eigenvalue weighted by Crippen LogP contribution is -2.25. The van der Waals surface area contributed by atoms with E-state index in [-0.39, 0.29) is 17.2 Å². The highest BCUT2D eigenvalue weighted by molar-refractivity contribution is 6.05. The zero-order valence-electron chi connectivity index (χ0n) is 16.1. The van der Waals surface area contributed by atoms with Gasteiger partial charge in [-0.05, 0) is 50.6 Å². The molecule has 0 atom stereocenters. The van der Waals surface area contributed by atoms with Gasteiger partial charge in [-0.1, -0.05) is 6.07 Å². The first-order chi connectivity index (χ1) is 13.7.